The molecule has 0 bridgehead atoms. The minimum atomic E-state index is 0. The first-order chi connectivity index (χ1) is 6.36. The van der Waals surface area contributed by atoms with Crippen molar-refractivity contribution >= 4 is 18.2 Å². The standard InChI is InChI=1S/C10H10N2O.ClH/c13-9-4-7-12(8-5-9)10-3-1-2-6-11-10;/h1-7,13H,8H2;1H. The van der Waals surface area contributed by atoms with Crippen molar-refractivity contribution in [2.24, 2.45) is 0 Å². The van der Waals surface area contributed by atoms with Gasteiger partial charge in [-0.2, -0.15) is 0 Å². The van der Waals surface area contributed by atoms with Crippen LogP contribution in [-0.4, -0.2) is 16.6 Å². The van der Waals surface area contributed by atoms with Gasteiger partial charge in [0.2, 0.25) is 0 Å². The van der Waals surface area contributed by atoms with E-state index in [2.05, 4.69) is 4.98 Å². The molecule has 0 atom stereocenters. The maximum Gasteiger partial charge on any atom is 0.132 e. The summed E-state index contributed by atoms with van der Waals surface area (Å²) < 4.78 is 0. The van der Waals surface area contributed by atoms with Crippen LogP contribution in [0.3, 0.4) is 0 Å². The molecule has 2 heterocycles. The zero-order chi connectivity index (χ0) is 9.10. The van der Waals surface area contributed by atoms with Gasteiger partial charge in [0.1, 0.15) is 11.6 Å². The molecule has 74 valence electrons. The van der Waals surface area contributed by atoms with Crippen LogP contribution >= 0.6 is 12.4 Å². The SMILES string of the molecule is Cl.OC1=CCN(c2ccccn2)C=C1. The monoisotopic (exact) mass is 210 g/mol. The molecule has 0 saturated heterocycles. The third-order valence-corrected chi connectivity index (χ3v) is 1.87. The molecule has 0 fully saturated rings. The summed E-state index contributed by atoms with van der Waals surface area (Å²) in [5.74, 6) is 1.20. The summed E-state index contributed by atoms with van der Waals surface area (Å²) in [4.78, 5) is 6.15. The Labute approximate surface area is 88.8 Å². The van der Waals surface area contributed by atoms with Crippen molar-refractivity contribution in [1.82, 2.24) is 4.98 Å². The lowest BCUT2D eigenvalue weighted by Crippen LogP contribution is -2.19. The summed E-state index contributed by atoms with van der Waals surface area (Å²) in [7, 11) is 0. The summed E-state index contributed by atoms with van der Waals surface area (Å²) in [6, 6.07) is 5.75. The topological polar surface area (TPSA) is 36.4 Å². The Hall–Kier alpha value is -1.48. The molecule has 0 spiro atoms. The molecule has 3 nitrogen and oxygen atoms in total. The second-order valence-corrected chi connectivity index (χ2v) is 2.79. The second-order valence-electron chi connectivity index (χ2n) is 2.79. The van der Waals surface area contributed by atoms with Gasteiger partial charge in [-0.1, -0.05) is 6.07 Å². The number of halogens is 1. The number of nitrogens with zero attached hydrogens (tertiary/aromatic N) is 2. The maximum atomic E-state index is 9.10. The molecular formula is C10H11ClN2O. The van der Waals surface area contributed by atoms with Crippen molar-refractivity contribution in [2.75, 3.05) is 11.4 Å². The van der Waals surface area contributed by atoms with Gasteiger partial charge in [-0.05, 0) is 24.3 Å². The molecule has 0 amide bonds. The molecule has 1 aliphatic rings. The fourth-order valence-electron chi connectivity index (χ4n) is 1.18. The molecule has 1 aromatic heterocycles. The Bertz CT molecular complexity index is 348. The third-order valence-electron chi connectivity index (χ3n) is 1.87. The number of aliphatic hydroxyl groups excluding tert-OH is 1. The second kappa shape index (κ2) is 4.67. The van der Waals surface area contributed by atoms with Crippen molar-refractivity contribution in [3.63, 3.8) is 0 Å². The number of aromatic nitrogens is 1. The molecule has 1 aliphatic heterocycles. The Morgan fingerprint density at radius 3 is 2.79 bits per heavy atom. The van der Waals surface area contributed by atoms with E-state index in [-0.39, 0.29) is 12.4 Å². The molecule has 2 rings (SSSR count). The summed E-state index contributed by atoms with van der Waals surface area (Å²) in [6.07, 6.45) is 6.96. The number of anilines is 1. The van der Waals surface area contributed by atoms with E-state index in [0.29, 0.717) is 12.3 Å². The van der Waals surface area contributed by atoms with Gasteiger partial charge in [0.25, 0.3) is 0 Å². The van der Waals surface area contributed by atoms with E-state index in [1.54, 1.807) is 18.3 Å². The van der Waals surface area contributed by atoms with Crippen LogP contribution < -0.4 is 4.90 Å². The molecule has 0 radical (unpaired) electrons. The van der Waals surface area contributed by atoms with Crippen LogP contribution in [0.1, 0.15) is 0 Å². The highest BCUT2D eigenvalue weighted by Crippen LogP contribution is 2.13. The quantitative estimate of drug-likeness (QED) is 0.773. The number of allylic oxidation sites excluding steroid dienone is 1. The van der Waals surface area contributed by atoms with Crippen LogP contribution in [0.15, 0.2) is 48.5 Å². The highest BCUT2D eigenvalue weighted by atomic mass is 35.5. The van der Waals surface area contributed by atoms with Gasteiger partial charge in [0.15, 0.2) is 0 Å². The van der Waals surface area contributed by atoms with Gasteiger partial charge in [-0.3, -0.25) is 0 Å². The number of pyridine rings is 1. The first kappa shape index (κ1) is 10.6. The number of hydrogen-bond acceptors (Lipinski definition) is 3. The molecule has 0 aromatic carbocycles. The van der Waals surface area contributed by atoms with Gasteiger partial charge < -0.3 is 10.0 Å². The fourth-order valence-corrected chi connectivity index (χ4v) is 1.18. The van der Waals surface area contributed by atoms with Crippen LogP contribution in [0.25, 0.3) is 0 Å². The third kappa shape index (κ3) is 2.26. The van der Waals surface area contributed by atoms with Crippen molar-refractivity contribution in [1.29, 1.82) is 0 Å². The molecule has 0 unspecified atom stereocenters. The van der Waals surface area contributed by atoms with Crippen molar-refractivity contribution < 1.29 is 5.11 Å². The zero-order valence-corrected chi connectivity index (χ0v) is 8.31. The lowest BCUT2D eigenvalue weighted by molar-refractivity contribution is 0.428. The average molecular weight is 211 g/mol. The number of aliphatic hydroxyl groups is 1. The molecular weight excluding hydrogens is 200 g/mol. The lowest BCUT2D eigenvalue weighted by atomic mass is 10.3. The van der Waals surface area contributed by atoms with E-state index in [0.717, 1.165) is 5.82 Å². The van der Waals surface area contributed by atoms with Crippen molar-refractivity contribution in [3.8, 4) is 0 Å². The van der Waals surface area contributed by atoms with Crippen LogP contribution in [-0.2, 0) is 0 Å². The minimum absolute atomic E-state index is 0. The van der Waals surface area contributed by atoms with E-state index in [4.69, 9.17) is 5.11 Å². The van der Waals surface area contributed by atoms with E-state index in [1.165, 1.54) is 0 Å². The van der Waals surface area contributed by atoms with E-state index >= 15 is 0 Å². The van der Waals surface area contributed by atoms with E-state index in [9.17, 15) is 0 Å². The Balaban J connectivity index is 0.000000980. The lowest BCUT2D eigenvalue weighted by Gasteiger charge is -2.19. The van der Waals surface area contributed by atoms with E-state index < -0.39 is 0 Å². The zero-order valence-electron chi connectivity index (χ0n) is 7.50. The van der Waals surface area contributed by atoms with Gasteiger partial charge in [-0.25, -0.2) is 4.98 Å². The Kier molecular flexibility index (Phi) is 3.54. The number of rotatable bonds is 1. The molecule has 1 aromatic rings. The summed E-state index contributed by atoms with van der Waals surface area (Å²) in [5.41, 5.74) is 0. The summed E-state index contributed by atoms with van der Waals surface area (Å²) in [5, 5.41) is 9.10. The normalized spacial score (nSPS) is 14.6. The first-order valence-corrected chi connectivity index (χ1v) is 4.11. The highest BCUT2D eigenvalue weighted by molar-refractivity contribution is 5.85. The average Bonchev–Trinajstić information content (AvgIpc) is 2.20. The molecule has 1 N–H and O–H groups in total. The van der Waals surface area contributed by atoms with Gasteiger partial charge in [0, 0.05) is 18.9 Å². The van der Waals surface area contributed by atoms with Crippen LogP contribution in [0, 0.1) is 0 Å². The molecule has 0 aliphatic carbocycles. The van der Waals surface area contributed by atoms with Crippen molar-refractivity contribution in [2.45, 2.75) is 0 Å². The Morgan fingerprint density at radius 1 is 1.36 bits per heavy atom. The van der Waals surface area contributed by atoms with Gasteiger partial charge in [-0.15, -0.1) is 12.4 Å². The predicted octanol–water partition coefficient (Wildman–Crippen LogP) is 2.28. The van der Waals surface area contributed by atoms with E-state index in [1.807, 2.05) is 29.3 Å². The van der Waals surface area contributed by atoms with Crippen LogP contribution in [0.4, 0.5) is 5.82 Å². The fraction of sp³-hybridized carbons (Fsp3) is 0.100. The van der Waals surface area contributed by atoms with Crippen LogP contribution in [0.2, 0.25) is 0 Å². The molecule has 14 heavy (non-hydrogen) atoms. The minimum Gasteiger partial charge on any atom is -0.508 e. The van der Waals surface area contributed by atoms with Crippen molar-refractivity contribution in [3.05, 3.63) is 48.5 Å². The first-order valence-electron chi connectivity index (χ1n) is 4.11. The predicted molar refractivity (Wildman–Crippen MR) is 58.7 cm³/mol. The largest absolute Gasteiger partial charge is 0.508 e. The number of hydrogen-bond donors (Lipinski definition) is 1. The maximum absolute atomic E-state index is 9.10. The molecule has 4 heteroatoms. The highest BCUT2D eigenvalue weighted by Gasteiger charge is 2.05. The summed E-state index contributed by atoms with van der Waals surface area (Å²) >= 11 is 0. The smallest absolute Gasteiger partial charge is 0.132 e. The van der Waals surface area contributed by atoms with Crippen LogP contribution in [0.5, 0.6) is 0 Å². The van der Waals surface area contributed by atoms with Gasteiger partial charge in [0.05, 0.1) is 0 Å². The summed E-state index contributed by atoms with van der Waals surface area (Å²) in [6.45, 7) is 0.666. The Morgan fingerprint density at radius 2 is 2.21 bits per heavy atom. The van der Waals surface area contributed by atoms with Gasteiger partial charge >= 0.3 is 0 Å². The molecule has 0 saturated carbocycles.